The molecule has 130 valence electrons. The van der Waals surface area contributed by atoms with Crippen LogP contribution in [-0.4, -0.2) is 15.9 Å². The van der Waals surface area contributed by atoms with Gasteiger partial charge in [0.2, 0.25) is 0 Å². The van der Waals surface area contributed by atoms with Crippen LogP contribution in [0.15, 0.2) is 42.5 Å². The molecule has 0 aliphatic rings. The molecule has 0 fully saturated rings. The summed E-state index contributed by atoms with van der Waals surface area (Å²) in [4.78, 5) is 21.9. The Morgan fingerprint density at radius 2 is 1.88 bits per heavy atom. The minimum absolute atomic E-state index is 0.265. The van der Waals surface area contributed by atoms with Crippen molar-refractivity contribution in [2.75, 3.05) is 5.32 Å². The number of hydrogen-bond acceptors (Lipinski definition) is 5. The highest BCUT2D eigenvalue weighted by molar-refractivity contribution is 7.22. The monoisotopic (exact) mass is 403 g/mol. The normalized spacial score (nSPS) is 11.0. The molecular formula is C18H11ClFN3OS2. The zero-order valence-electron chi connectivity index (χ0n) is 13.4. The lowest BCUT2D eigenvalue weighted by Crippen LogP contribution is -2.11. The van der Waals surface area contributed by atoms with Crippen LogP contribution in [-0.2, 0) is 0 Å². The van der Waals surface area contributed by atoms with E-state index in [1.165, 1.54) is 34.8 Å². The fourth-order valence-corrected chi connectivity index (χ4v) is 4.53. The number of nitrogens with one attached hydrogen (secondary N) is 1. The predicted octanol–water partition coefficient (Wildman–Crippen LogP) is 5.77. The summed E-state index contributed by atoms with van der Waals surface area (Å²) in [6, 6.07) is 11.4. The highest BCUT2D eigenvalue weighted by Gasteiger charge is 2.18. The van der Waals surface area contributed by atoms with E-state index in [1.54, 1.807) is 25.1 Å². The molecule has 0 unspecified atom stereocenters. The summed E-state index contributed by atoms with van der Waals surface area (Å²) in [7, 11) is 0. The van der Waals surface area contributed by atoms with E-state index in [0.717, 1.165) is 15.8 Å². The number of hydrogen-bond donors (Lipinski definition) is 1. The van der Waals surface area contributed by atoms with Gasteiger partial charge in [-0.05, 0) is 49.4 Å². The number of aryl methyl sites for hydroxylation is 1. The molecule has 2 aromatic carbocycles. The van der Waals surface area contributed by atoms with Gasteiger partial charge in [-0.2, -0.15) is 0 Å². The number of benzene rings is 2. The van der Waals surface area contributed by atoms with Crippen LogP contribution in [0.5, 0.6) is 0 Å². The van der Waals surface area contributed by atoms with E-state index in [9.17, 15) is 9.18 Å². The first kappa shape index (κ1) is 17.1. The summed E-state index contributed by atoms with van der Waals surface area (Å²) in [5.41, 5.74) is 2.17. The van der Waals surface area contributed by atoms with Crippen molar-refractivity contribution in [2.24, 2.45) is 0 Å². The number of carbonyl (C=O) groups is 1. The number of amides is 1. The van der Waals surface area contributed by atoms with Crippen LogP contribution in [0, 0.1) is 12.7 Å². The molecule has 0 aliphatic heterocycles. The molecule has 1 N–H and O–H groups in total. The standard InChI is InChI=1S/C18H11ClFN3OS2/c1-9-15(26-17(21-9)10-2-5-12(20)6-3-10)16(24)23-18-22-13-7-4-11(19)8-14(13)25-18/h2-8H,1H3,(H,22,23,24). The van der Waals surface area contributed by atoms with Crippen molar-refractivity contribution in [1.82, 2.24) is 9.97 Å². The average molecular weight is 404 g/mol. The molecule has 0 saturated heterocycles. The molecule has 0 spiro atoms. The number of nitrogens with zero attached hydrogens (tertiary/aromatic N) is 2. The molecule has 1 amide bonds. The first-order valence-electron chi connectivity index (χ1n) is 7.60. The molecule has 0 radical (unpaired) electrons. The second-order valence-corrected chi connectivity index (χ2v) is 7.99. The summed E-state index contributed by atoms with van der Waals surface area (Å²) in [5.74, 6) is -0.575. The Labute approximate surface area is 161 Å². The minimum atomic E-state index is -0.309. The van der Waals surface area contributed by atoms with Crippen molar-refractivity contribution in [2.45, 2.75) is 6.92 Å². The lowest BCUT2D eigenvalue weighted by Gasteiger charge is -1.98. The topological polar surface area (TPSA) is 54.9 Å². The molecule has 2 heterocycles. The van der Waals surface area contributed by atoms with Gasteiger partial charge >= 0.3 is 0 Å². The summed E-state index contributed by atoms with van der Waals surface area (Å²) in [6.45, 7) is 1.77. The number of rotatable bonds is 3. The Hall–Kier alpha value is -2.35. The quantitative estimate of drug-likeness (QED) is 0.472. The fourth-order valence-electron chi connectivity index (χ4n) is 2.43. The van der Waals surface area contributed by atoms with Crippen molar-refractivity contribution in [3.8, 4) is 10.6 Å². The van der Waals surface area contributed by atoms with Crippen molar-refractivity contribution >= 4 is 55.5 Å². The van der Waals surface area contributed by atoms with Crippen LogP contribution < -0.4 is 5.32 Å². The second-order valence-electron chi connectivity index (χ2n) is 5.53. The number of anilines is 1. The molecule has 0 atom stereocenters. The SMILES string of the molecule is Cc1nc(-c2ccc(F)cc2)sc1C(=O)Nc1nc2ccc(Cl)cc2s1. The van der Waals surface area contributed by atoms with Gasteiger partial charge in [0.05, 0.1) is 15.9 Å². The first-order valence-corrected chi connectivity index (χ1v) is 9.61. The van der Waals surface area contributed by atoms with Crippen LogP contribution in [0.4, 0.5) is 9.52 Å². The molecule has 0 aliphatic carbocycles. The number of carbonyl (C=O) groups excluding carboxylic acids is 1. The summed E-state index contributed by atoms with van der Waals surface area (Å²) in [6.07, 6.45) is 0. The third-order valence-electron chi connectivity index (χ3n) is 3.66. The lowest BCUT2D eigenvalue weighted by atomic mass is 10.2. The molecule has 4 rings (SSSR count). The Morgan fingerprint density at radius 1 is 1.12 bits per heavy atom. The van der Waals surface area contributed by atoms with Gasteiger partial charge in [-0.25, -0.2) is 14.4 Å². The number of halogens is 2. The highest BCUT2D eigenvalue weighted by Crippen LogP contribution is 2.31. The molecule has 8 heteroatoms. The smallest absolute Gasteiger partial charge is 0.269 e. The van der Waals surface area contributed by atoms with Crippen LogP contribution in [0.25, 0.3) is 20.8 Å². The van der Waals surface area contributed by atoms with E-state index in [4.69, 9.17) is 11.6 Å². The van der Waals surface area contributed by atoms with Gasteiger partial charge in [-0.15, -0.1) is 11.3 Å². The number of thiazole rings is 2. The van der Waals surface area contributed by atoms with E-state index in [-0.39, 0.29) is 11.7 Å². The summed E-state index contributed by atoms with van der Waals surface area (Å²) in [5, 5.41) is 4.62. The number of aromatic nitrogens is 2. The van der Waals surface area contributed by atoms with Gasteiger partial charge in [0.15, 0.2) is 5.13 Å². The van der Waals surface area contributed by atoms with Gasteiger partial charge < -0.3 is 0 Å². The maximum absolute atomic E-state index is 13.1. The fraction of sp³-hybridized carbons (Fsp3) is 0.0556. The molecule has 0 bridgehead atoms. The third kappa shape index (κ3) is 3.33. The van der Waals surface area contributed by atoms with Gasteiger partial charge in [0, 0.05) is 10.6 Å². The zero-order valence-corrected chi connectivity index (χ0v) is 15.8. The van der Waals surface area contributed by atoms with Crippen molar-refractivity contribution in [3.05, 3.63) is 63.9 Å². The minimum Gasteiger partial charge on any atom is -0.297 e. The molecular weight excluding hydrogens is 393 g/mol. The largest absolute Gasteiger partial charge is 0.297 e. The Morgan fingerprint density at radius 3 is 2.65 bits per heavy atom. The molecule has 26 heavy (non-hydrogen) atoms. The van der Waals surface area contributed by atoms with Gasteiger partial charge in [-0.1, -0.05) is 22.9 Å². The zero-order chi connectivity index (χ0) is 18.3. The van der Waals surface area contributed by atoms with E-state index >= 15 is 0 Å². The predicted molar refractivity (Wildman–Crippen MR) is 105 cm³/mol. The average Bonchev–Trinajstić information content (AvgIpc) is 3.18. The Kier molecular flexibility index (Phi) is 4.44. The molecule has 4 nitrogen and oxygen atoms in total. The molecule has 0 saturated carbocycles. The van der Waals surface area contributed by atoms with Gasteiger partial charge in [0.1, 0.15) is 15.7 Å². The van der Waals surface area contributed by atoms with Crippen molar-refractivity contribution in [1.29, 1.82) is 0 Å². The second kappa shape index (κ2) is 6.75. The summed E-state index contributed by atoms with van der Waals surface area (Å²) >= 11 is 8.61. The van der Waals surface area contributed by atoms with E-state index in [2.05, 4.69) is 15.3 Å². The Balaban J connectivity index is 1.60. The van der Waals surface area contributed by atoms with Gasteiger partial charge in [0.25, 0.3) is 5.91 Å². The maximum atomic E-state index is 13.1. The van der Waals surface area contributed by atoms with E-state index in [0.29, 0.717) is 25.7 Å². The Bertz CT molecular complexity index is 1120. The van der Waals surface area contributed by atoms with Crippen LogP contribution in [0.1, 0.15) is 15.4 Å². The molecule has 2 aromatic heterocycles. The summed E-state index contributed by atoms with van der Waals surface area (Å²) < 4.78 is 14.0. The first-order chi connectivity index (χ1) is 12.5. The van der Waals surface area contributed by atoms with Crippen LogP contribution >= 0.6 is 34.3 Å². The van der Waals surface area contributed by atoms with Gasteiger partial charge in [-0.3, -0.25) is 10.1 Å². The number of fused-ring (bicyclic) bond motifs is 1. The van der Waals surface area contributed by atoms with E-state index in [1.807, 2.05) is 12.1 Å². The third-order valence-corrected chi connectivity index (χ3v) is 6.04. The highest BCUT2D eigenvalue weighted by atomic mass is 35.5. The van der Waals surface area contributed by atoms with E-state index < -0.39 is 0 Å². The maximum Gasteiger partial charge on any atom is 0.269 e. The van der Waals surface area contributed by atoms with Crippen LogP contribution in [0.2, 0.25) is 5.02 Å². The van der Waals surface area contributed by atoms with Crippen LogP contribution in [0.3, 0.4) is 0 Å². The molecule has 4 aromatic rings. The van der Waals surface area contributed by atoms with Crippen molar-refractivity contribution in [3.63, 3.8) is 0 Å². The lowest BCUT2D eigenvalue weighted by molar-refractivity contribution is 0.103. The van der Waals surface area contributed by atoms with Crippen molar-refractivity contribution < 1.29 is 9.18 Å².